The Kier molecular flexibility index (Phi) is 4.82. The highest BCUT2D eigenvalue weighted by Crippen LogP contribution is 2.20. The SMILES string of the molecule is CC(C)(C)[C@@H](NC(=O)C1CSCCN1)C(=O)O. The molecule has 1 aliphatic heterocycles. The van der Waals surface area contributed by atoms with Gasteiger partial charge in [0.05, 0.1) is 6.04 Å². The highest BCUT2D eigenvalue weighted by molar-refractivity contribution is 7.99. The van der Waals surface area contributed by atoms with E-state index >= 15 is 0 Å². The molecule has 0 radical (unpaired) electrons. The van der Waals surface area contributed by atoms with E-state index in [9.17, 15) is 9.59 Å². The first-order valence-electron chi connectivity index (χ1n) is 5.66. The minimum absolute atomic E-state index is 0.223. The van der Waals surface area contributed by atoms with Gasteiger partial charge in [-0.05, 0) is 5.41 Å². The average Bonchev–Trinajstić information content (AvgIpc) is 2.24. The number of carboxylic acids is 1. The first-order valence-corrected chi connectivity index (χ1v) is 6.82. The summed E-state index contributed by atoms with van der Waals surface area (Å²) in [7, 11) is 0. The van der Waals surface area contributed by atoms with Crippen molar-refractivity contribution < 1.29 is 14.7 Å². The zero-order valence-corrected chi connectivity index (χ0v) is 11.3. The summed E-state index contributed by atoms with van der Waals surface area (Å²) in [5.74, 6) is 0.474. The summed E-state index contributed by atoms with van der Waals surface area (Å²) >= 11 is 1.70. The van der Waals surface area contributed by atoms with Gasteiger partial charge in [0.15, 0.2) is 0 Å². The van der Waals surface area contributed by atoms with Crippen molar-refractivity contribution in [2.24, 2.45) is 5.41 Å². The van der Waals surface area contributed by atoms with E-state index < -0.39 is 17.4 Å². The van der Waals surface area contributed by atoms with Crippen LogP contribution in [0, 0.1) is 5.41 Å². The van der Waals surface area contributed by atoms with Crippen molar-refractivity contribution in [3.05, 3.63) is 0 Å². The van der Waals surface area contributed by atoms with E-state index in [1.165, 1.54) is 0 Å². The first kappa shape index (κ1) is 14.3. The predicted molar refractivity (Wildman–Crippen MR) is 68.1 cm³/mol. The zero-order valence-electron chi connectivity index (χ0n) is 10.4. The second-order valence-corrected chi connectivity index (χ2v) is 6.38. The van der Waals surface area contributed by atoms with Gasteiger partial charge < -0.3 is 15.7 Å². The molecule has 1 amide bonds. The molecule has 98 valence electrons. The monoisotopic (exact) mass is 260 g/mol. The molecule has 0 spiro atoms. The number of carbonyl (C=O) groups is 2. The zero-order chi connectivity index (χ0) is 13.1. The van der Waals surface area contributed by atoms with Crippen LogP contribution < -0.4 is 10.6 Å². The summed E-state index contributed by atoms with van der Waals surface area (Å²) < 4.78 is 0. The Morgan fingerprint density at radius 1 is 1.47 bits per heavy atom. The second-order valence-electron chi connectivity index (χ2n) is 5.23. The third-order valence-corrected chi connectivity index (χ3v) is 3.70. The van der Waals surface area contributed by atoms with Gasteiger partial charge in [-0.25, -0.2) is 4.79 Å². The quantitative estimate of drug-likeness (QED) is 0.680. The van der Waals surface area contributed by atoms with Crippen molar-refractivity contribution in [3.8, 4) is 0 Å². The van der Waals surface area contributed by atoms with Crippen LogP contribution in [0.3, 0.4) is 0 Å². The molecule has 0 bridgehead atoms. The summed E-state index contributed by atoms with van der Waals surface area (Å²) in [4.78, 5) is 23.0. The normalized spacial score (nSPS) is 22.9. The molecule has 0 aromatic rings. The molecule has 0 saturated carbocycles. The van der Waals surface area contributed by atoms with Crippen molar-refractivity contribution in [1.82, 2.24) is 10.6 Å². The maximum atomic E-state index is 11.9. The van der Waals surface area contributed by atoms with Crippen LogP contribution in [-0.2, 0) is 9.59 Å². The maximum absolute atomic E-state index is 11.9. The molecule has 1 saturated heterocycles. The highest BCUT2D eigenvalue weighted by atomic mass is 32.2. The van der Waals surface area contributed by atoms with Gasteiger partial charge in [-0.1, -0.05) is 20.8 Å². The largest absolute Gasteiger partial charge is 0.480 e. The van der Waals surface area contributed by atoms with Gasteiger partial charge in [-0.15, -0.1) is 0 Å². The molecule has 1 fully saturated rings. The van der Waals surface area contributed by atoms with Crippen LogP contribution in [0.4, 0.5) is 0 Å². The van der Waals surface area contributed by atoms with Crippen LogP contribution in [0.25, 0.3) is 0 Å². The molecule has 1 aliphatic rings. The lowest BCUT2D eigenvalue weighted by atomic mass is 9.86. The Hall–Kier alpha value is -0.750. The molecule has 5 nitrogen and oxygen atoms in total. The fraction of sp³-hybridized carbons (Fsp3) is 0.818. The number of thioether (sulfide) groups is 1. The minimum atomic E-state index is -0.991. The fourth-order valence-corrected chi connectivity index (χ4v) is 2.56. The Labute approximate surface area is 106 Å². The lowest BCUT2D eigenvalue weighted by Gasteiger charge is -2.30. The van der Waals surface area contributed by atoms with Crippen LogP contribution in [0.15, 0.2) is 0 Å². The standard InChI is InChI=1S/C11H20N2O3S/c1-11(2,3)8(10(15)16)13-9(14)7-6-17-5-4-12-7/h7-8,12H,4-6H2,1-3H3,(H,13,14)(H,15,16)/t7?,8-/m0/s1. The van der Waals surface area contributed by atoms with Gasteiger partial charge in [-0.3, -0.25) is 4.79 Å². The van der Waals surface area contributed by atoms with E-state index in [4.69, 9.17) is 5.11 Å². The molecule has 0 aromatic carbocycles. The lowest BCUT2D eigenvalue weighted by Crippen LogP contribution is -2.56. The summed E-state index contributed by atoms with van der Waals surface area (Å²) in [6.07, 6.45) is 0. The van der Waals surface area contributed by atoms with Crippen molar-refractivity contribution in [2.75, 3.05) is 18.1 Å². The molecule has 1 rings (SSSR count). The third-order valence-electron chi connectivity index (χ3n) is 2.64. The molecule has 17 heavy (non-hydrogen) atoms. The van der Waals surface area contributed by atoms with Gasteiger partial charge in [0, 0.05) is 18.1 Å². The highest BCUT2D eigenvalue weighted by Gasteiger charge is 2.34. The molecule has 2 atom stereocenters. The predicted octanol–water partition coefficient (Wildman–Crippen LogP) is 0.307. The number of aliphatic carboxylic acids is 1. The Morgan fingerprint density at radius 2 is 2.12 bits per heavy atom. The third kappa shape index (κ3) is 4.20. The van der Waals surface area contributed by atoms with Gasteiger partial charge in [0.25, 0.3) is 0 Å². The lowest BCUT2D eigenvalue weighted by molar-refractivity contribution is -0.145. The summed E-state index contributed by atoms with van der Waals surface area (Å²) in [5, 5.41) is 14.8. The molecule has 1 unspecified atom stereocenters. The van der Waals surface area contributed by atoms with Gasteiger partial charge in [0.2, 0.25) is 5.91 Å². The van der Waals surface area contributed by atoms with Crippen LogP contribution >= 0.6 is 11.8 Å². The Bertz CT molecular complexity index is 296. The number of hydrogen-bond donors (Lipinski definition) is 3. The van der Waals surface area contributed by atoms with Gasteiger partial charge >= 0.3 is 5.97 Å². The molecule has 6 heteroatoms. The second kappa shape index (κ2) is 5.73. The molecule has 1 heterocycles. The van der Waals surface area contributed by atoms with Crippen molar-refractivity contribution >= 4 is 23.6 Å². The van der Waals surface area contributed by atoms with E-state index in [1.807, 2.05) is 0 Å². The number of nitrogens with one attached hydrogen (secondary N) is 2. The molecular formula is C11H20N2O3S. The van der Waals surface area contributed by atoms with Crippen LogP contribution in [0.2, 0.25) is 0 Å². The summed E-state index contributed by atoms with van der Waals surface area (Å²) in [6.45, 7) is 6.19. The molecule has 0 aliphatic carbocycles. The van der Waals surface area contributed by atoms with E-state index in [2.05, 4.69) is 10.6 Å². The maximum Gasteiger partial charge on any atom is 0.326 e. The van der Waals surface area contributed by atoms with Gasteiger partial charge in [-0.2, -0.15) is 11.8 Å². The Balaban J connectivity index is 2.60. The fourth-order valence-electron chi connectivity index (χ4n) is 1.63. The van der Waals surface area contributed by atoms with Crippen molar-refractivity contribution in [1.29, 1.82) is 0 Å². The Morgan fingerprint density at radius 3 is 2.53 bits per heavy atom. The summed E-state index contributed by atoms with van der Waals surface area (Å²) in [6, 6.07) is -1.14. The van der Waals surface area contributed by atoms with E-state index in [1.54, 1.807) is 32.5 Å². The molecule has 3 N–H and O–H groups in total. The van der Waals surface area contributed by atoms with E-state index in [-0.39, 0.29) is 11.9 Å². The number of carbonyl (C=O) groups excluding carboxylic acids is 1. The minimum Gasteiger partial charge on any atom is -0.480 e. The van der Waals surface area contributed by atoms with Gasteiger partial charge in [0.1, 0.15) is 6.04 Å². The average molecular weight is 260 g/mol. The number of amides is 1. The summed E-state index contributed by atoms with van der Waals surface area (Å²) in [5.41, 5.74) is -0.497. The van der Waals surface area contributed by atoms with Crippen LogP contribution in [0.1, 0.15) is 20.8 Å². The number of rotatable bonds is 3. The number of hydrogen-bond acceptors (Lipinski definition) is 4. The van der Waals surface area contributed by atoms with E-state index in [0.29, 0.717) is 5.75 Å². The van der Waals surface area contributed by atoms with Crippen LogP contribution in [0.5, 0.6) is 0 Å². The number of carboxylic acid groups (broad SMARTS) is 1. The topological polar surface area (TPSA) is 78.4 Å². The van der Waals surface area contributed by atoms with Crippen LogP contribution in [-0.4, -0.2) is 47.1 Å². The van der Waals surface area contributed by atoms with E-state index in [0.717, 1.165) is 12.3 Å². The first-order chi connectivity index (χ1) is 7.82. The molecular weight excluding hydrogens is 240 g/mol. The smallest absolute Gasteiger partial charge is 0.326 e. The molecule has 0 aromatic heterocycles. The van der Waals surface area contributed by atoms with Crippen molar-refractivity contribution in [3.63, 3.8) is 0 Å². The van der Waals surface area contributed by atoms with Crippen molar-refractivity contribution in [2.45, 2.75) is 32.9 Å².